The molecule has 154 valence electrons. The second-order valence-electron chi connectivity index (χ2n) is 7.50. The first-order chi connectivity index (χ1) is 15.0. The molecule has 0 unspecified atom stereocenters. The van der Waals surface area contributed by atoms with Gasteiger partial charge in [0.25, 0.3) is 0 Å². The molecule has 0 N–H and O–H groups in total. The van der Waals surface area contributed by atoms with Crippen molar-refractivity contribution in [2.24, 2.45) is 0 Å². The number of hydrogen-bond donors (Lipinski definition) is 0. The molecule has 3 aromatic carbocycles. The molecule has 1 aromatic heterocycles. The maximum Gasteiger partial charge on any atom is 0.198 e. The van der Waals surface area contributed by atoms with E-state index >= 15 is 0 Å². The number of benzene rings is 3. The maximum absolute atomic E-state index is 13.8. The number of carbonyl (C=O) groups is 1. The Bertz CT molecular complexity index is 1220. The number of hydrogen-bond acceptors (Lipinski definition) is 5. The van der Waals surface area contributed by atoms with Crippen molar-refractivity contribution in [2.75, 3.05) is 14.1 Å². The second-order valence-corrected chi connectivity index (χ2v) is 7.50. The minimum Gasteiger partial charge on any atom is -0.383 e. The zero-order valence-electron chi connectivity index (χ0n) is 17.7. The van der Waals surface area contributed by atoms with Gasteiger partial charge < -0.3 is 4.90 Å². The maximum atomic E-state index is 13.8. The first-order valence-electron chi connectivity index (χ1n) is 9.98. The summed E-state index contributed by atoms with van der Waals surface area (Å²) in [6, 6.07) is 25.3. The molecule has 6 nitrogen and oxygen atoms in total. The van der Waals surface area contributed by atoms with Gasteiger partial charge in [0, 0.05) is 25.9 Å². The van der Waals surface area contributed by atoms with Crippen LogP contribution in [-0.2, 0) is 0 Å². The zero-order valence-corrected chi connectivity index (χ0v) is 17.7. The van der Waals surface area contributed by atoms with E-state index < -0.39 is 0 Å². The van der Waals surface area contributed by atoms with Gasteiger partial charge in [-0.1, -0.05) is 72.3 Å². The number of ketones is 1. The molecule has 1 heterocycles. The van der Waals surface area contributed by atoms with E-state index in [1.807, 2.05) is 105 Å². The minimum absolute atomic E-state index is 0.142. The van der Waals surface area contributed by atoms with Crippen molar-refractivity contribution in [1.29, 1.82) is 0 Å². The van der Waals surface area contributed by atoms with Crippen LogP contribution < -0.4 is 0 Å². The van der Waals surface area contributed by atoms with E-state index in [9.17, 15) is 4.79 Å². The van der Waals surface area contributed by atoms with Crippen molar-refractivity contribution < 1.29 is 4.79 Å². The van der Waals surface area contributed by atoms with Crippen molar-refractivity contribution >= 4 is 11.4 Å². The predicted molar refractivity (Wildman–Crippen MR) is 122 cm³/mol. The van der Waals surface area contributed by atoms with Crippen LogP contribution in [0.4, 0.5) is 0 Å². The molecule has 6 heteroatoms. The van der Waals surface area contributed by atoms with Crippen molar-refractivity contribution in [1.82, 2.24) is 25.1 Å². The molecule has 31 heavy (non-hydrogen) atoms. The van der Waals surface area contributed by atoms with Crippen molar-refractivity contribution in [3.05, 3.63) is 102 Å². The highest BCUT2D eigenvalue weighted by Crippen LogP contribution is 2.28. The molecule has 0 aliphatic heterocycles. The van der Waals surface area contributed by atoms with Gasteiger partial charge in [0.05, 0.1) is 11.3 Å². The number of Topliss-reactive ketones (excluding diaryl/α,β-unsaturated/α-hetero) is 1. The number of aryl methyl sites for hydroxylation is 1. The molecule has 4 aromatic rings. The van der Waals surface area contributed by atoms with Gasteiger partial charge in [0.2, 0.25) is 0 Å². The number of rotatable bonds is 6. The highest BCUT2D eigenvalue weighted by Gasteiger charge is 2.24. The summed E-state index contributed by atoms with van der Waals surface area (Å²) in [6.07, 6.45) is 1.76. The summed E-state index contributed by atoms with van der Waals surface area (Å²) in [5, 5.41) is 12.2. The third kappa shape index (κ3) is 4.28. The Labute approximate surface area is 181 Å². The molecule has 4 rings (SSSR count). The van der Waals surface area contributed by atoms with Crippen LogP contribution in [0.2, 0.25) is 0 Å². The molecule has 0 spiro atoms. The number of aromatic nitrogens is 4. The molecule has 0 radical (unpaired) electrons. The van der Waals surface area contributed by atoms with Crippen LogP contribution in [0.5, 0.6) is 0 Å². The molecule has 0 atom stereocenters. The Balaban J connectivity index is 1.83. The number of carbonyl (C=O) groups excluding carboxylic acids is 1. The van der Waals surface area contributed by atoms with E-state index in [4.69, 9.17) is 0 Å². The van der Waals surface area contributed by atoms with Crippen LogP contribution in [0.25, 0.3) is 22.4 Å². The largest absolute Gasteiger partial charge is 0.383 e. The molecule has 0 saturated heterocycles. The summed E-state index contributed by atoms with van der Waals surface area (Å²) in [5.41, 5.74) is 4.79. The molecule has 0 aliphatic carbocycles. The van der Waals surface area contributed by atoms with E-state index in [2.05, 4.69) is 15.5 Å². The van der Waals surface area contributed by atoms with Crippen LogP contribution in [0.1, 0.15) is 21.7 Å². The third-order valence-electron chi connectivity index (χ3n) is 4.88. The van der Waals surface area contributed by atoms with Crippen LogP contribution >= 0.6 is 0 Å². The van der Waals surface area contributed by atoms with Gasteiger partial charge in [0.15, 0.2) is 11.6 Å². The van der Waals surface area contributed by atoms with E-state index in [1.54, 1.807) is 10.9 Å². The van der Waals surface area contributed by atoms with Gasteiger partial charge in [-0.2, -0.15) is 4.68 Å². The fourth-order valence-electron chi connectivity index (χ4n) is 3.39. The van der Waals surface area contributed by atoms with Crippen LogP contribution in [0.3, 0.4) is 0 Å². The molecule has 0 aliphatic rings. The summed E-state index contributed by atoms with van der Waals surface area (Å²) < 4.78 is 1.60. The summed E-state index contributed by atoms with van der Waals surface area (Å²) >= 11 is 0. The molecular weight excluding hydrogens is 386 g/mol. The fraction of sp³-hybridized carbons (Fsp3) is 0.120. The number of nitrogens with zero attached hydrogens (tertiary/aromatic N) is 5. The Kier molecular flexibility index (Phi) is 5.71. The minimum atomic E-state index is -0.142. The lowest BCUT2D eigenvalue weighted by atomic mass is 9.94. The molecular formula is C25H23N5O. The lowest BCUT2D eigenvalue weighted by Gasteiger charge is -2.14. The average Bonchev–Trinajstić information content (AvgIpc) is 3.27. The van der Waals surface area contributed by atoms with Crippen molar-refractivity contribution in [3.8, 4) is 16.8 Å². The number of tetrazole rings is 1. The quantitative estimate of drug-likeness (QED) is 0.348. The highest BCUT2D eigenvalue weighted by molar-refractivity contribution is 6.30. The van der Waals surface area contributed by atoms with E-state index in [1.165, 1.54) is 0 Å². The van der Waals surface area contributed by atoms with Crippen LogP contribution in [0.15, 0.2) is 85.1 Å². The summed E-state index contributed by atoms with van der Waals surface area (Å²) in [7, 11) is 3.74. The second kappa shape index (κ2) is 8.75. The fourth-order valence-corrected chi connectivity index (χ4v) is 3.39. The van der Waals surface area contributed by atoms with E-state index in [0.29, 0.717) is 17.0 Å². The summed E-state index contributed by atoms with van der Waals surface area (Å²) in [4.78, 5) is 15.6. The molecule has 0 fully saturated rings. The Morgan fingerprint density at radius 2 is 1.58 bits per heavy atom. The Morgan fingerprint density at radius 3 is 2.29 bits per heavy atom. The topological polar surface area (TPSA) is 63.9 Å². The standard InChI is InChI=1S/C25H23N5O/c1-18-13-15-20(16-14-18)30-25(26-27-28-30)23(17-29(2)3)24(31)22-12-8-7-11-21(22)19-9-5-4-6-10-19/h4-17H,1-3H3. The van der Waals surface area contributed by atoms with Gasteiger partial charge >= 0.3 is 0 Å². The molecule has 0 bridgehead atoms. The summed E-state index contributed by atoms with van der Waals surface area (Å²) in [5.74, 6) is 0.252. The SMILES string of the molecule is Cc1ccc(-n2nnnc2C(=CN(C)C)C(=O)c2ccccc2-c2ccccc2)cc1. The lowest BCUT2D eigenvalue weighted by Crippen LogP contribution is -2.14. The third-order valence-corrected chi connectivity index (χ3v) is 4.88. The van der Waals surface area contributed by atoms with E-state index in [-0.39, 0.29) is 5.78 Å². The van der Waals surface area contributed by atoms with Gasteiger partial charge in [-0.3, -0.25) is 4.79 Å². The zero-order chi connectivity index (χ0) is 21.8. The van der Waals surface area contributed by atoms with Crippen LogP contribution in [-0.4, -0.2) is 45.0 Å². The Hall–Kier alpha value is -4.06. The molecule has 0 saturated carbocycles. The van der Waals surface area contributed by atoms with Gasteiger partial charge in [0.1, 0.15) is 0 Å². The monoisotopic (exact) mass is 409 g/mol. The highest BCUT2D eigenvalue weighted by atomic mass is 16.1. The van der Waals surface area contributed by atoms with Gasteiger partial charge in [-0.25, -0.2) is 0 Å². The van der Waals surface area contributed by atoms with E-state index in [0.717, 1.165) is 22.4 Å². The van der Waals surface area contributed by atoms with Crippen molar-refractivity contribution in [2.45, 2.75) is 6.92 Å². The normalized spacial score (nSPS) is 11.4. The average molecular weight is 409 g/mol. The van der Waals surface area contributed by atoms with Gasteiger partial charge in [-0.15, -0.1) is 5.10 Å². The first kappa shape index (κ1) is 20.2. The predicted octanol–water partition coefficient (Wildman–Crippen LogP) is 4.42. The number of allylic oxidation sites excluding steroid dienone is 1. The molecule has 0 amide bonds. The Morgan fingerprint density at radius 1 is 0.903 bits per heavy atom. The summed E-state index contributed by atoms with van der Waals surface area (Å²) in [6.45, 7) is 2.02. The van der Waals surface area contributed by atoms with Crippen LogP contribution in [0, 0.1) is 6.92 Å². The van der Waals surface area contributed by atoms with Crippen molar-refractivity contribution in [3.63, 3.8) is 0 Å². The smallest absolute Gasteiger partial charge is 0.198 e. The lowest BCUT2D eigenvalue weighted by molar-refractivity contribution is 0.105. The van der Waals surface area contributed by atoms with Gasteiger partial charge in [-0.05, 0) is 40.6 Å². The first-order valence-corrected chi connectivity index (χ1v) is 9.98.